The fourth-order valence-electron chi connectivity index (χ4n) is 4.29. The number of likely N-dealkylation sites (tertiary alicyclic amines) is 1. The number of hydrogen-bond donors (Lipinski definition) is 0. The predicted octanol–water partition coefficient (Wildman–Crippen LogP) is 2.87. The second kappa shape index (κ2) is 6.60. The molecule has 6 rings (SSSR count). The van der Waals surface area contributed by atoms with Gasteiger partial charge in [0.05, 0.1) is 31.0 Å². The zero-order valence-electron chi connectivity index (χ0n) is 16.5. The summed E-state index contributed by atoms with van der Waals surface area (Å²) >= 11 is 0. The molecule has 1 aliphatic carbocycles. The zero-order chi connectivity index (χ0) is 20.3. The number of carbonyl (C=O) groups is 1. The van der Waals surface area contributed by atoms with Gasteiger partial charge in [0, 0.05) is 30.0 Å². The van der Waals surface area contributed by atoms with Crippen molar-refractivity contribution in [2.24, 2.45) is 0 Å². The van der Waals surface area contributed by atoms with E-state index in [4.69, 9.17) is 9.26 Å². The Balaban J connectivity index is 1.19. The molecule has 156 valence electrons. The Morgan fingerprint density at radius 2 is 2.00 bits per heavy atom. The number of benzene rings is 1. The molecule has 3 aromatic rings. The number of aromatic nitrogens is 4. The topological polar surface area (TPSA) is 86.3 Å². The van der Waals surface area contributed by atoms with Gasteiger partial charge in [0.15, 0.2) is 11.5 Å². The van der Waals surface area contributed by atoms with Crippen LogP contribution in [0, 0.1) is 0 Å². The maximum atomic E-state index is 14.0. The van der Waals surface area contributed by atoms with E-state index in [9.17, 15) is 9.18 Å². The SMILES string of the molecule is O=C(N1CCC(c2noc(-c3ccc4cnn(C5COC5)c4c3)n2)CC1)C1(F)CC1. The highest BCUT2D eigenvalue weighted by Gasteiger charge is 2.53. The highest BCUT2D eigenvalue weighted by Crippen LogP contribution is 2.42. The van der Waals surface area contributed by atoms with Crippen LogP contribution < -0.4 is 0 Å². The molecule has 2 saturated heterocycles. The van der Waals surface area contributed by atoms with Gasteiger partial charge < -0.3 is 14.2 Å². The van der Waals surface area contributed by atoms with Crippen LogP contribution in [0.25, 0.3) is 22.4 Å². The van der Waals surface area contributed by atoms with E-state index in [1.54, 1.807) is 4.90 Å². The molecule has 1 saturated carbocycles. The number of nitrogens with zero attached hydrogens (tertiary/aromatic N) is 5. The summed E-state index contributed by atoms with van der Waals surface area (Å²) in [5.74, 6) is 0.891. The van der Waals surface area contributed by atoms with Crippen molar-refractivity contribution < 1.29 is 18.4 Å². The normalized spacial score (nSPS) is 21.7. The van der Waals surface area contributed by atoms with Crippen LogP contribution in [0.5, 0.6) is 0 Å². The monoisotopic (exact) mass is 411 g/mol. The minimum absolute atomic E-state index is 0.114. The van der Waals surface area contributed by atoms with Gasteiger partial charge in [-0.1, -0.05) is 11.2 Å². The van der Waals surface area contributed by atoms with Crippen molar-refractivity contribution in [3.8, 4) is 11.5 Å². The number of rotatable bonds is 4. The van der Waals surface area contributed by atoms with Crippen molar-refractivity contribution in [2.75, 3.05) is 26.3 Å². The van der Waals surface area contributed by atoms with Crippen LogP contribution in [0.4, 0.5) is 4.39 Å². The van der Waals surface area contributed by atoms with Gasteiger partial charge in [0.1, 0.15) is 0 Å². The summed E-state index contributed by atoms with van der Waals surface area (Å²) in [4.78, 5) is 18.5. The van der Waals surface area contributed by atoms with Gasteiger partial charge in [-0.25, -0.2) is 4.39 Å². The molecule has 3 aliphatic rings. The highest BCUT2D eigenvalue weighted by molar-refractivity contribution is 5.88. The minimum atomic E-state index is -1.59. The number of piperidine rings is 1. The molecule has 3 fully saturated rings. The Hall–Kier alpha value is -2.81. The van der Waals surface area contributed by atoms with Crippen LogP contribution >= 0.6 is 0 Å². The molecule has 0 bridgehead atoms. The van der Waals surface area contributed by atoms with E-state index in [2.05, 4.69) is 15.2 Å². The van der Waals surface area contributed by atoms with E-state index < -0.39 is 5.67 Å². The molecule has 2 aliphatic heterocycles. The number of amides is 1. The first-order valence-electron chi connectivity index (χ1n) is 10.5. The van der Waals surface area contributed by atoms with E-state index in [0.29, 0.717) is 63.7 Å². The van der Waals surface area contributed by atoms with Crippen molar-refractivity contribution in [3.05, 3.63) is 30.2 Å². The van der Waals surface area contributed by atoms with Crippen molar-refractivity contribution in [2.45, 2.75) is 43.3 Å². The lowest BCUT2D eigenvalue weighted by molar-refractivity contribution is -0.139. The third-order valence-corrected chi connectivity index (χ3v) is 6.47. The molecule has 0 atom stereocenters. The van der Waals surface area contributed by atoms with E-state index in [0.717, 1.165) is 16.5 Å². The zero-order valence-corrected chi connectivity index (χ0v) is 16.5. The molecule has 8 nitrogen and oxygen atoms in total. The standard InChI is InChI=1S/C21H22FN5O3/c22-21(5-6-21)20(28)26-7-3-13(4-8-26)18-24-19(30-25-18)14-1-2-15-10-23-27(17(15)9-14)16-11-29-12-16/h1-2,9-10,13,16H,3-8,11-12H2. The third kappa shape index (κ3) is 2.91. The quantitative estimate of drug-likeness (QED) is 0.656. The van der Waals surface area contributed by atoms with Crippen molar-refractivity contribution >= 4 is 16.8 Å². The average molecular weight is 411 g/mol. The number of hydrogen-bond acceptors (Lipinski definition) is 6. The molecule has 2 aromatic heterocycles. The Morgan fingerprint density at radius 3 is 2.70 bits per heavy atom. The van der Waals surface area contributed by atoms with E-state index in [-0.39, 0.29) is 17.9 Å². The lowest BCUT2D eigenvalue weighted by Gasteiger charge is -2.31. The van der Waals surface area contributed by atoms with E-state index in [1.165, 1.54) is 0 Å². The Labute approximate surface area is 172 Å². The van der Waals surface area contributed by atoms with Crippen LogP contribution in [-0.4, -0.2) is 62.7 Å². The summed E-state index contributed by atoms with van der Waals surface area (Å²) in [5, 5.41) is 9.74. The summed E-state index contributed by atoms with van der Waals surface area (Å²) in [6.45, 7) is 2.42. The van der Waals surface area contributed by atoms with Crippen LogP contribution in [0.2, 0.25) is 0 Å². The van der Waals surface area contributed by atoms with Gasteiger partial charge in [-0.3, -0.25) is 9.48 Å². The van der Waals surface area contributed by atoms with Crippen molar-refractivity contribution in [3.63, 3.8) is 0 Å². The van der Waals surface area contributed by atoms with Crippen molar-refractivity contribution in [1.29, 1.82) is 0 Å². The first-order valence-corrected chi connectivity index (χ1v) is 10.5. The van der Waals surface area contributed by atoms with Gasteiger partial charge in [-0.05, 0) is 37.8 Å². The number of ether oxygens (including phenoxy) is 1. The van der Waals surface area contributed by atoms with Gasteiger partial charge in [0.2, 0.25) is 0 Å². The lowest BCUT2D eigenvalue weighted by Crippen LogP contribution is -2.43. The van der Waals surface area contributed by atoms with Gasteiger partial charge in [0.25, 0.3) is 11.8 Å². The molecule has 0 radical (unpaired) electrons. The van der Waals surface area contributed by atoms with Crippen LogP contribution in [0.3, 0.4) is 0 Å². The fourth-order valence-corrected chi connectivity index (χ4v) is 4.29. The molecule has 0 unspecified atom stereocenters. The maximum Gasteiger partial charge on any atom is 0.260 e. The molecular formula is C21H22FN5O3. The summed E-state index contributed by atoms with van der Waals surface area (Å²) in [7, 11) is 0. The van der Waals surface area contributed by atoms with Crippen molar-refractivity contribution in [1.82, 2.24) is 24.8 Å². The average Bonchev–Trinajstić information content (AvgIpc) is 3.15. The Bertz CT molecular complexity index is 1110. The molecule has 0 N–H and O–H groups in total. The summed E-state index contributed by atoms with van der Waals surface area (Å²) in [6.07, 6.45) is 4.01. The fraction of sp³-hybridized carbons (Fsp3) is 0.524. The number of carbonyl (C=O) groups excluding carboxylic acids is 1. The second-order valence-electron chi connectivity index (χ2n) is 8.54. The summed E-state index contributed by atoms with van der Waals surface area (Å²) in [6, 6.07) is 6.26. The smallest absolute Gasteiger partial charge is 0.260 e. The predicted molar refractivity (Wildman–Crippen MR) is 105 cm³/mol. The highest BCUT2D eigenvalue weighted by atomic mass is 19.1. The van der Waals surface area contributed by atoms with Gasteiger partial charge in [-0.15, -0.1) is 0 Å². The molecule has 9 heteroatoms. The van der Waals surface area contributed by atoms with Crippen LogP contribution in [0.15, 0.2) is 28.9 Å². The van der Waals surface area contributed by atoms with Crippen LogP contribution in [-0.2, 0) is 9.53 Å². The largest absolute Gasteiger partial charge is 0.377 e. The summed E-state index contributed by atoms with van der Waals surface area (Å²) in [5.41, 5.74) is 0.277. The third-order valence-electron chi connectivity index (χ3n) is 6.47. The van der Waals surface area contributed by atoms with Gasteiger partial charge >= 0.3 is 0 Å². The first-order chi connectivity index (χ1) is 14.6. The Kier molecular flexibility index (Phi) is 3.96. The van der Waals surface area contributed by atoms with E-state index in [1.807, 2.05) is 29.1 Å². The second-order valence-corrected chi connectivity index (χ2v) is 8.54. The molecule has 4 heterocycles. The minimum Gasteiger partial charge on any atom is -0.377 e. The first kappa shape index (κ1) is 18.0. The number of fused-ring (bicyclic) bond motifs is 1. The van der Waals surface area contributed by atoms with Gasteiger partial charge in [-0.2, -0.15) is 10.1 Å². The van der Waals surface area contributed by atoms with Crippen LogP contribution in [0.1, 0.15) is 43.5 Å². The summed E-state index contributed by atoms with van der Waals surface area (Å²) < 4.78 is 26.9. The molecular weight excluding hydrogens is 389 g/mol. The molecule has 1 amide bonds. The number of alkyl halides is 1. The molecule has 1 aromatic carbocycles. The molecule has 30 heavy (non-hydrogen) atoms. The lowest BCUT2D eigenvalue weighted by atomic mass is 9.95. The van der Waals surface area contributed by atoms with E-state index >= 15 is 0 Å². The molecule has 0 spiro atoms. The maximum absolute atomic E-state index is 14.0. The Morgan fingerprint density at radius 1 is 1.20 bits per heavy atom. The number of halogens is 1.